The van der Waals surface area contributed by atoms with E-state index in [1.165, 1.54) is 11.3 Å². The van der Waals surface area contributed by atoms with Gasteiger partial charge in [0, 0.05) is 10.9 Å². The highest BCUT2D eigenvalue weighted by Crippen LogP contribution is 2.26. The maximum absolute atomic E-state index is 8.63. The third-order valence-electron chi connectivity index (χ3n) is 2.35. The van der Waals surface area contributed by atoms with Gasteiger partial charge in [0.15, 0.2) is 5.84 Å². The summed E-state index contributed by atoms with van der Waals surface area (Å²) >= 11 is 7.39. The van der Waals surface area contributed by atoms with Crippen molar-refractivity contribution in [2.45, 2.75) is 32.4 Å². The monoisotopic (exact) mass is 261 g/mol. The number of halogens is 1. The molecular formula is C10H16ClN3OS. The molecule has 4 nitrogen and oxygen atoms in total. The van der Waals surface area contributed by atoms with Gasteiger partial charge in [0.1, 0.15) is 0 Å². The lowest BCUT2D eigenvalue weighted by Crippen LogP contribution is -2.41. The van der Waals surface area contributed by atoms with E-state index in [1.54, 1.807) is 0 Å². The molecule has 16 heavy (non-hydrogen) atoms. The van der Waals surface area contributed by atoms with E-state index in [0.29, 0.717) is 0 Å². The molecule has 1 aromatic rings. The van der Waals surface area contributed by atoms with Gasteiger partial charge in [-0.15, -0.1) is 11.3 Å². The topological polar surface area (TPSA) is 70.6 Å². The molecule has 0 aliphatic rings. The normalized spacial score (nSPS) is 16.1. The standard InChI is InChI=1S/C10H16ClN3OS/c1-3-7(10(12)14-15)13-6(2)8-4-5-9(11)16-8/h4-7,13,15H,3H2,1-2H3,(H2,12,14). The second kappa shape index (κ2) is 6.08. The quantitative estimate of drug-likeness (QED) is 0.330. The van der Waals surface area contributed by atoms with Crippen LogP contribution < -0.4 is 11.1 Å². The predicted molar refractivity (Wildman–Crippen MR) is 68.4 cm³/mol. The van der Waals surface area contributed by atoms with E-state index >= 15 is 0 Å². The van der Waals surface area contributed by atoms with Gasteiger partial charge < -0.3 is 10.9 Å². The molecule has 1 rings (SSSR count). The Morgan fingerprint density at radius 1 is 1.69 bits per heavy atom. The summed E-state index contributed by atoms with van der Waals surface area (Å²) in [6.45, 7) is 4.00. The second-order valence-corrected chi connectivity index (χ2v) is 5.26. The summed E-state index contributed by atoms with van der Waals surface area (Å²) in [5.74, 6) is 0.206. The molecule has 0 spiro atoms. The van der Waals surface area contributed by atoms with Gasteiger partial charge >= 0.3 is 0 Å². The smallest absolute Gasteiger partial charge is 0.156 e. The zero-order chi connectivity index (χ0) is 12.1. The fourth-order valence-corrected chi connectivity index (χ4v) is 2.50. The van der Waals surface area contributed by atoms with Crippen LogP contribution in [-0.2, 0) is 0 Å². The SMILES string of the molecule is CCC(NC(C)c1ccc(Cl)s1)C(N)=NO. The Hall–Kier alpha value is -0.780. The molecule has 0 aromatic carbocycles. The third kappa shape index (κ3) is 3.37. The summed E-state index contributed by atoms with van der Waals surface area (Å²) < 4.78 is 0.764. The average molecular weight is 262 g/mol. The molecule has 0 aliphatic heterocycles. The molecular weight excluding hydrogens is 246 g/mol. The van der Waals surface area contributed by atoms with Crippen molar-refractivity contribution in [2.24, 2.45) is 10.9 Å². The molecule has 2 unspecified atom stereocenters. The van der Waals surface area contributed by atoms with Gasteiger partial charge in [0.05, 0.1) is 10.4 Å². The van der Waals surface area contributed by atoms with E-state index in [0.717, 1.165) is 15.6 Å². The van der Waals surface area contributed by atoms with Crippen LogP contribution in [0.5, 0.6) is 0 Å². The van der Waals surface area contributed by atoms with Crippen LogP contribution in [0.15, 0.2) is 17.3 Å². The first kappa shape index (κ1) is 13.3. The Morgan fingerprint density at radius 2 is 2.38 bits per heavy atom. The Bertz CT molecular complexity index is 367. The first-order valence-corrected chi connectivity index (χ1v) is 6.26. The fraction of sp³-hybridized carbons (Fsp3) is 0.500. The summed E-state index contributed by atoms with van der Waals surface area (Å²) in [7, 11) is 0. The molecule has 0 saturated carbocycles. The Labute approximate surface area is 104 Å². The molecule has 0 radical (unpaired) electrons. The van der Waals surface area contributed by atoms with Crippen molar-refractivity contribution in [2.75, 3.05) is 0 Å². The number of thiophene rings is 1. The van der Waals surface area contributed by atoms with E-state index in [2.05, 4.69) is 10.5 Å². The highest BCUT2D eigenvalue weighted by atomic mass is 35.5. The van der Waals surface area contributed by atoms with E-state index in [9.17, 15) is 0 Å². The van der Waals surface area contributed by atoms with Crippen LogP contribution in [0.25, 0.3) is 0 Å². The van der Waals surface area contributed by atoms with Crippen LogP contribution in [0.4, 0.5) is 0 Å². The molecule has 1 heterocycles. The molecule has 2 atom stereocenters. The number of hydrogen-bond donors (Lipinski definition) is 3. The minimum atomic E-state index is -0.124. The van der Waals surface area contributed by atoms with Gasteiger partial charge in [-0.1, -0.05) is 23.7 Å². The third-order valence-corrected chi connectivity index (χ3v) is 3.77. The number of hydrogen-bond acceptors (Lipinski definition) is 4. The Morgan fingerprint density at radius 3 is 2.81 bits per heavy atom. The van der Waals surface area contributed by atoms with Crippen LogP contribution >= 0.6 is 22.9 Å². The van der Waals surface area contributed by atoms with Crippen LogP contribution in [0.3, 0.4) is 0 Å². The highest BCUT2D eigenvalue weighted by Gasteiger charge is 2.16. The summed E-state index contributed by atoms with van der Waals surface area (Å²) in [4.78, 5) is 1.13. The van der Waals surface area contributed by atoms with E-state index < -0.39 is 0 Å². The lowest BCUT2D eigenvalue weighted by Gasteiger charge is -2.20. The summed E-state index contributed by atoms with van der Waals surface area (Å²) in [5, 5.41) is 14.9. The lowest BCUT2D eigenvalue weighted by molar-refractivity contribution is 0.313. The van der Waals surface area contributed by atoms with Crippen molar-refractivity contribution in [3.8, 4) is 0 Å². The number of amidine groups is 1. The minimum absolute atomic E-state index is 0.124. The number of nitrogens with one attached hydrogen (secondary N) is 1. The molecule has 4 N–H and O–H groups in total. The molecule has 0 fully saturated rings. The highest BCUT2D eigenvalue weighted by molar-refractivity contribution is 7.16. The predicted octanol–water partition coefficient (Wildman–Crippen LogP) is 2.58. The Balaban J connectivity index is 2.65. The molecule has 0 bridgehead atoms. The zero-order valence-electron chi connectivity index (χ0n) is 9.27. The number of rotatable bonds is 5. The largest absolute Gasteiger partial charge is 0.409 e. The van der Waals surface area contributed by atoms with Crippen molar-refractivity contribution >= 4 is 28.8 Å². The van der Waals surface area contributed by atoms with Crippen molar-refractivity contribution in [3.63, 3.8) is 0 Å². The molecule has 1 aromatic heterocycles. The van der Waals surface area contributed by atoms with Crippen molar-refractivity contribution in [1.29, 1.82) is 0 Å². The summed E-state index contributed by atoms with van der Waals surface area (Å²) in [6.07, 6.45) is 0.763. The summed E-state index contributed by atoms with van der Waals surface area (Å²) in [6, 6.07) is 3.84. The van der Waals surface area contributed by atoms with Crippen LogP contribution in [-0.4, -0.2) is 17.1 Å². The van der Waals surface area contributed by atoms with Gasteiger partial charge in [0.25, 0.3) is 0 Å². The summed E-state index contributed by atoms with van der Waals surface area (Å²) in [5.41, 5.74) is 5.57. The zero-order valence-corrected chi connectivity index (χ0v) is 10.8. The van der Waals surface area contributed by atoms with E-state index in [-0.39, 0.29) is 17.9 Å². The van der Waals surface area contributed by atoms with Crippen LogP contribution in [0, 0.1) is 0 Å². The Kier molecular flexibility index (Phi) is 5.05. The van der Waals surface area contributed by atoms with E-state index in [1.807, 2.05) is 26.0 Å². The number of nitrogens with two attached hydrogens (primary N) is 1. The van der Waals surface area contributed by atoms with Gasteiger partial charge in [-0.2, -0.15) is 0 Å². The minimum Gasteiger partial charge on any atom is -0.409 e. The van der Waals surface area contributed by atoms with Gasteiger partial charge in [-0.25, -0.2) is 0 Å². The molecule has 90 valence electrons. The van der Waals surface area contributed by atoms with Gasteiger partial charge in [-0.3, -0.25) is 5.32 Å². The van der Waals surface area contributed by atoms with Gasteiger partial charge in [0.2, 0.25) is 0 Å². The molecule has 0 amide bonds. The first-order valence-electron chi connectivity index (χ1n) is 5.07. The fourth-order valence-electron chi connectivity index (χ4n) is 1.43. The van der Waals surface area contributed by atoms with Crippen molar-refractivity contribution < 1.29 is 5.21 Å². The maximum atomic E-state index is 8.63. The van der Waals surface area contributed by atoms with E-state index in [4.69, 9.17) is 22.5 Å². The number of nitrogens with zero attached hydrogens (tertiary/aromatic N) is 1. The first-order chi connectivity index (χ1) is 7.58. The lowest BCUT2D eigenvalue weighted by atomic mass is 10.1. The van der Waals surface area contributed by atoms with Gasteiger partial charge in [-0.05, 0) is 25.5 Å². The van der Waals surface area contributed by atoms with Crippen molar-refractivity contribution in [3.05, 3.63) is 21.3 Å². The molecule has 0 aliphatic carbocycles. The van der Waals surface area contributed by atoms with Crippen LogP contribution in [0.2, 0.25) is 4.34 Å². The molecule has 0 saturated heterocycles. The van der Waals surface area contributed by atoms with Crippen LogP contribution in [0.1, 0.15) is 31.2 Å². The average Bonchev–Trinajstić information content (AvgIpc) is 2.71. The maximum Gasteiger partial charge on any atom is 0.156 e. The number of oxime groups is 1. The molecule has 6 heteroatoms. The van der Waals surface area contributed by atoms with Crippen molar-refractivity contribution in [1.82, 2.24) is 5.32 Å². The second-order valence-electron chi connectivity index (χ2n) is 3.52.